The third-order valence-corrected chi connectivity index (χ3v) is 3.99. The molecule has 0 fully saturated rings. The molecule has 0 saturated carbocycles. The van der Waals surface area contributed by atoms with Crippen molar-refractivity contribution in [2.75, 3.05) is 6.54 Å². The van der Waals surface area contributed by atoms with Gasteiger partial charge in [0.05, 0.1) is 0 Å². The fourth-order valence-corrected chi connectivity index (χ4v) is 2.77. The number of ketones is 1. The van der Waals surface area contributed by atoms with Gasteiger partial charge in [0.25, 0.3) is 0 Å². The van der Waals surface area contributed by atoms with Crippen LogP contribution in [-0.4, -0.2) is 17.9 Å². The van der Waals surface area contributed by atoms with Crippen molar-refractivity contribution in [3.8, 4) is 0 Å². The van der Waals surface area contributed by atoms with Gasteiger partial charge in [0.15, 0.2) is 0 Å². The van der Waals surface area contributed by atoms with E-state index in [9.17, 15) is 4.79 Å². The van der Waals surface area contributed by atoms with Gasteiger partial charge < -0.3 is 5.32 Å². The molecule has 1 N–H and O–H groups in total. The minimum absolute atomic E-state index is 0.0248. The number of nitrogens with one attached hydrogen (secondary N) is 1. The molecule has 0 amide bonds. The van der Waals surface area contributed by atoms with Gasteiger partial charge in [-0.3, -0.25) is 4.79 Å². The van der Waals surface area contributed by atoms with E-state index in [2.05, 4.69) is 33.0 Å². The molecule has 102 valence electrons. The number of carbonyl (C=O) groups is 1. The Labute approximate surface area is 108 Å². The highest BCUT2D eigenvalue weighted by Gasteiger charge is 2.37. The van der Waals surface area contributed by atoms with Crippen LogP contribution in [-0.2, 0) is 4.79 Å². The van der Waals surface area contributed by atoms with Gasteiger partial charge in [-0.15, -0.1) is 0 Å². The van der Waals surface area contributed by atoms with Gasteiger partial charge in [0, 0.05) is 11.5 Å². The lowest BCUT2D eigenvalue weighted by molar-refractivity contribution is -0.124. The van der Waals surface area contributed by atoms with Gasteiger partial charge >= 0.3 is 0 Å². The molecule has 2 nitrogen and oxygen atoms in total. The highest BCUT2D eigenvalue weighted by atomic mass is 16.1. The zero-order chi connectivity index (χ0) is 13.3. The summed E-state index contributed by atoms with van der Waals surface area (Å²) in [6.07, 6.45) is 6.56. The predicted octanol–water partition coefficient (Wildman–Crippen LogP) is 3.94. The zero-order valence-corrected chi connectivity index (χ0v) is 12.4. The first-order chi connectivity index (χ1) is 8.07. The van der Waals surface area contributed by atoms with Crippen LogP contribution in [0.1, 0.15) is 73.1 Å². The van der Waals surface area contributed by atoms with Gasteiger partial charge in [-0.1, -0.05) is 40.5 Å². The first-order valence-corrected chi connectivity index (χ1v) is 7.33. The second-order valence-corrected chi connectivity index (χ2v) is 5.10. The second-order valence-electron chi connectivity index (χ2n) is 5.10. The van der Waals surface area contributed by atoms with Crippen molar-refractivity contribution in [2.24, 2.45) is 5.92 Å². The summed E-state index contributed by atoms with van der Waals surface area (Å²) < 4.78 is 0. The molecule has 0 radical (unpaired) electrons. The molecule has 0 rings (SSSR count). The Bertz CT molecular complexity index is 209. The van der Waals surface area contributed by atoms with E-state index in [0.717, 1.165) is 38.6 Å². The van der Waals surface area contributed by atoms with Crippen LogP contribution in [0.15, 0.2) is 0 Å². The maximum Gasteiger partial charge on any atom is 0.134 e. The molecule has 0 aliphatic carbocycles. The summed E-state index contributed by atoms with van der Waals surface area (Å²) >= 11 is 0. The fraction of sp³-hybridized carbons (Fsp3) is 0.933. The van der Waals surface area contributed by atoms with Crippen molar-refractivity contribution >= 4 is 5.78 Å². The molecule has 0 aromatic heterocycles. The molecule has 2 heteroatoms. The predicted molar refractivity (Wildman–Crippen MR) is 75.3 cm³/mol. The summed E-state index contributed by atoms with van der Waals surface area (Å²) in [6, 6.07) is 0. The third-order valence-electron chi connectivity index (χ3n) is 3.99. The summed E-state index contributed by atoms with van der Waals surface area (Å²) in [7, 11) is 0. The van der Waals surface area contributed by atoms with Crippen LogP contribution in [0.4, 0.5) is 0 Å². The third kappa shape index (κ3) is 4.79. The number of hydrogen-bond acceptors (Lipinski definition) is 2. The van der Waals surface area contributed by atoms with Crippen molar-refractivity contribution in [1.29, 1.82) is 0 Å². The van der Waals surface area contributed by atoms with Gasteiger partial charge in [0.2, 0.25) is 0 Å². The van der Waals surface area contributed by atoms with Crippen LogP contribution in [0.5, 0.6) is 0 Å². The summed E-state index contributed by atoms with van der Waals surface area (Å²) in [5, 5.41) is 3.65. The van der Waals surface area contributed by atoms with Crippen LogP contribution < -0.4 is 5.32 Å². The number of carbonyl (C=O) groups excluding carboxylic acids is 1. The van der Waals surface area contributed by atoms with Gasteiger partial charge in [-0.25, -0.2) is 0 Å². The molecule has 0 heterocycles. The molecule has 0 aromatic carbocycles. The molecule has 0 saturated heterocycles. The van der Waals surface area contributed by atoms with Gasteiger partial charge in [0.1, 0.15) is 5.78 Å². The highest BCUT2D eigenvalue weighted by molar-refractivity contribution is 5.79. The average molecular weight is 241 g/mol. The minimum atomic E-state index is 0.0248. The maximum absolute atomic E-state index is 11.9. The normalized spacial score (nSPS) is 13.7. The van der Waals surface area contributed by atoms with E-state index in [1.165, 1.54) is 6.42 Å². The maximum atomic E-state index is 11.9. The first-order valence-electron chi connectivity index (χ1n) is 7.33. The highest BCUT2D eigenvalue weighted by Crippen LogP contribution is 2.30. The van der Waals surface area contributed by atoms with E-state index in [4.69, 9.17) is 0 Å². The second kappa shape index (κ2) is 8.68. The Hall–Kier alpha value is -0.370. The van der Waals surface area contributed by atoms with Gasteiger partial charge in [-0.05, 0) is 39.2 Å². The van der Waals surface area contributed by atoms with E-state index in [1.54, 1.807) is 6.92 Å². The SMILES string of the molecule is CCCCC(C(C)=O)C(CC)(CC)NCCC. The van der Waals surface area contributed by atoms with E-state index >= 15 is 0 Å². The number of Topliss-reactive ketones (excluding diaryl/α,β-unsaturated/α-hetero) is 1. The summed E-state index contributed by atoms with van der Waals surface area (Å²) in [6.45, 7) is 11.5. The van der Waals surface area contributed by atoms with Gasteiger partial charge in [-0.2, -0.15) is 0 Å². The monoisotopic (exact) mass is 241 g/mol. The van der Waals surface area contributed by atoms with Crippen LogP contribution in [0.2, 0.25) is 0 Å². The molecule has 1 atom stereocenters. The topological polar surface area (TPSA) is 29.1 Å². The van der Waals surface area contributed by atoms with Crippen molar-refractivity contribution in [3.63, 3.8) is 0 Å². The lowest BCUT2D eigenvalue weighted by atomic mass is 9.74. The first kappa shape index (κ1) is 16.6. The molecule has 17 heavy (non-hydrogen) atoms. The molecule has 0 aliphatic rings. The molecule has 0 aromatic rings. The Kier molecular flexibility index (Phi) is 8.49. The smallest absolute Gasteiger partial charge is 0.134 e. The van der Waals surface area contributed by atoms with E-state index in [-0.39, 0.29) is 11.5 Å². The van der Waals surface area contributed by atoms with Crippen molar-refractivity contribution in [1.82, 2.24) is 5.32 Å². The molecule has 0 spiro atoms. The number of hydrogen-bond donors (Lipinski definition) is 1. The van der Waals surface area contributed by atoms with Crippen molar-refractivity contribution in [3.05, 3.63) is 0 Å². The molecular formula is C15H31NO. The Morgan fingerprint density at radius 2 is 1.71 bits per heavy atom. The van der Waals surface area contributed by atoms with E-state index in [0.29, 0.717) is 5.78 Å². The summed E-state index contributed by atoms with van der Waals surface area (Å²) in [4.78, 5) is 11.9. The fourth-order valence-electron chi connectivity index (χ4n) is 2.77. The quantitative estimate of drug-likeness (QED) is 0.627. The zero-order valence-electron chi connectivity index (χ0n) is 12.4. The van der Waals surface area contributed by atoms with Crippen LogP contribution in [0.25, 0.3) is 0 Å². The summed E-state index contributed by atoms with van der Waals surface area (Å²) in [5.74, 6) is 0.537. The lowest BCUT2D eigenvalue weighted by Gasteiger charge is -2.40. The lowest BCUT2D eigenvalue weighted by Crippen LogP contribution is -2.53. The van der Waals surface area contributed by atoms with E-state index < -0.39 is 0 Å². The molecule has 0 aliphatic heterocycles. The standard InChI is InChI=1S/C15H31NO/c1-6-10-11-14(13(5)17)15(8-3,9-4)16-12-7-2/h14,16H,6-12H2,1-5H3. The average Bonchev–Trinajstić information content (AvgIpc) is 2.33. The van der Waals surface area contributed by atoms with E-state index in [1.807, 2.05) is 0 Å². The number of rotatable bonds is 10. The van der Waals surface area contributed by atoms with Crippen LogP contribution in [0, 0.1) is 5.92 Å². The Morgan fingerprint density at radius 1 is 1.12 bits per heavy atom. The molecule has 0 bridgehead atoms. The Balaban J connectivity index is 4.84. The Morgan fingerprint density at radius 3 is 2.06 bits per heavy atom. The number of unbranched alkanes of at least 4 members (excludes halogenated alkanes) is 1. The largest absolute Gasteiger partial charge is 0.311 e. The molecule has 1 unspecified atom stereocenters. The summed E-state index contributed by atoms with van der Waals surface area (Å²) in [5.41, 5.74) is 0.0248. The van der Waals surface area contributed by atoms with Crippen molar-refractivity contribution in [2.45, 2.75) is 78.7 Å². The molecular weight excluding hydrogens is 210 g/mol. The van der Waals surface area contributed by atoms with Crippen LogP contribution in [0.3, 0.4) is 0 Å². The van der Waals surface area contributed by atoms with Crippen molar-refractivity contribution < 1.29 is 4.79 Å². The minimum Gasteiger partial charge on any atom is -0.311 e. The van der Waals surface area contributed by atoms with Crippen LogP contribution >= 0.6 is 0 Å².